The molecular formula is C22H30N3O3+. The number of methoxy groups -OCH3 is 1. The van der Waals surface area contributed by atoms with Crippen molar-refractivity contribution in [1.82, 2.24) is 4.48 Å². The number of ether oxygens (including phenoxy) is 2. The van der Waals surface area contributed by atoms with E-state index in [9.17, 15) is 5.11 Å². The first-order chi connectivity index (χ1) is 13.4. The SMILES string of the molecule is CN=CC=C(N)c1ccc(OCc2ccccc2[N+](C)(C)CC(O)OC)cc1. The smallest absolute Gasteiger partial charge is 0.205 e. The van der Waals surface area contributed by atoms with Crippen LogP contribution in [0.3, 0.4) is 0 Å². The number of aliphatic hydroxyl groups is 1. The van der Waals surface area contributed by atoms with Crippen molar-refractivity contribution in [3.8, 4) is 5.75 Å². The number of nitrogens with zero attached hydrogens (tertiary/aromatic N) is 2. The van der Waals surface area contributed by atoms with Crippen molar-refractivity contribution in [2.75, 3.05) is 34.8 Å². The molecule has 0 amide bonds. The average Bonchev–Trinajstić information content (AvgIpc) is 2.70. The number of benzene rings is 2. The number of likely N-dealkylation sites (N-methyl/N-ethyl adjacent to an activating group) is 1. The number of hydrogen-bond acceptors (Lipinski definition) is 5. The van der Waals surface area contributed by atoms with Crippen molar-refractivity contribution >= 4 is 17.6 Å². The molecule has 0 fully saturated rings. The molecule has 2 aromatic carbocycles. The van der Waals surface area contributed by atoms with Gasteiger partial charge in [0.05, 0.1) is 19.7 Å². The second kappa shape index (κ2) is 10.0. The van der Waals surface area contributed by atoms with Crippen molar-refractivity contribution in [3.05, 3.63) is 65.7 Å². The molecule has 0 bridgehead atoms. The molecule has 0 aromatic heterocycles. The molecule has 0 aliphatic heterocycles. The van der Waals surface area contributed by atoms with Gasteiger partial charge in [0.15, 0.2) is 0 Å². The Hall–Kier alpha value is -2.67. The Morgan fingerprint density at radius 1 is 1.18 bits per heavy atom. The third-order valence-corrected chi connectivity index (χ3v) is 4.51. The van der Waals surface area contributed by atoms with Gasteiger partial charge in [-0.25, -0.2) is 0 Å². The molecule has 1 atom stereocenters. The number of aliphatic hydroxyl groups excluding tert-OH is 1. The lowest BCUT2D eigenvalue weighted by atomic mass is 10.1. The average molecular weight is 385 g/mol. The zero-order valence-corrected chi connectivity index (χ0v) is 17.0. The Kier molecular flexibility index (Phi) is 7.75. The number of aliphatic imine (C=N–C) groups is 1. The number of quaternary nitrogens is 1. The summed E-state index contributed by atoms with van der Waals surface area (Å²) in [4.78, 5) is 3.90. The van der Waals surface area contributed by atoms with E-state index in [0.717, 1.165) is 22.6 Å². The minimum Gasteiger partial charge on any atom is -0.489 e. The van der Waals surface area contributed by atoms with E-state index in [0.29, 0.717) is 23.3 Å². The first kappa shape index (κ1) is 21.6. The number of para-hydroxylation sites is 1. The van der Waals surface area contributed by atoms with E-state index in [1.165, 1.54) is 7.11 Å². The second-order valence-corrected chi connectivity index (χ2v) is 7.03. The van der Waals surface area contributed by atoms with Crippen LogP contribution in [0.1, 0.15) is 11.1 Å². The van der Waals surface area contributed by atoms with Crippen molar-refractivity contribution in [2.24, 2.45) is 10.7 Å². The van der Waals surface area contributed by atoms with Gasteiger partial charge < -0.3 is 20.3 Å². The maximum atomic E-state index is 9.89. The molecule has 0 aliphatic carbocycles. The molecule has 0 saturated carbocycles. The molecule has 2 aromatic rings. The van der Waals surface area contributed by atoms with E-state index in [-0.39, 0.29) is 0 Å². The molecule has 3 N–H and O–H groups in total. The van der Waals surface area contributed by atoms with E-state index < -0.39 is 6.29 Å². The van der Waals surface area contributed by atoms with Crippen LogP contribution in [0.25, 0.3) is 5.70 Å². The van der Waals surface area contributed by atoms with Crippen LogP contribution >= 0.6 is 0 Å². The molecule has 0 saturated heterocycles. The minimum absolute atomic E-state index is 0.425. The highest BCUT2D eigenvalue weighted by atomic mass is 16.6. The maximum Gasteiger partial charge on any atom is 0.205 e. The van der Waals surface area contributed by atoms with Gasteiger partial charge in [-0.3, -0.25) is 9.48 Å². The standard InChI is InChI=1S/C22H30N3O3/c1-24-14-13-20(23)17-9-11-19(12-10-17)28-16-18-7-5-6-8-21(18)25(2,3)15-22(26)27-4/h5-14,22,26H,15-16,23H2,1-4H3/q+1. The van der Waals surface area contributed by atoms with Crippen LogP contribution < -0.4 is 15.0 Å². The molecule has 150 valence electrons. The van der Waals surface area contributed by atoms with Crippen LogP contribution in [0.2, 0.25) is 0 Å². The quantitative estimate of drug-likeness (QED) is 0.396. The van der Waals surface area contributed by atoms with Crippen LogP contribution in [0.15, 0.2) is 59.6 Å². The van der Waals surface area contributed by atoms with Crippen LogP contribution in [0, 0.1) is 0 Å². The van der Waals surface area contributed by atoms with Crippen LogP contribution in [0.5, 0.6) is 5.75 Å². The number of allylic oxidation sites excluding steroid dienone is 1. The van der Waals surface area contributed by atoms with E-state index in [1.54, 1.807) is 19.3 Å². The molecule has 6 nitrogen and oxygen atoms in total. The topological polar surface area (TPSA) is 77.1 Å². The molecule has 0 aliphatic rings. The summed E-state index contributed by atoms with van der Waals surface area (Å²) in [5, 5.41) is 9.89. The summed E-state index contributed by atoms with van der Waals surface area (Å²) < 4.78 is 11.5. The summed E-state index contributed by atoms with van der Waals surface area (Å²) in [5.74, 6) is 0.762. The Bertz CT molecular complexity index is 814. The van der Waals surface area contributed by atoms with Crippen molar-refractivity contribution in [1.29, 1.82) is 0 Å². The van der Waals surface area contributed by atoms with Crippen LogP contribution in [-0.2, 0) is 11.3 Å². The maximum absolute atomic E-state index is 9.89. The highest BCUT2D eigenvalue weighted by Crippen LogP contribution is 2.26. The van der Waals surface area contributed by atoms with Gasteiger partial charge in [0.1, 0.15) is 24.6 Å². The molecule has 0 radical (unpaired) electrons. The predicted octanol–water partition coefficient (Wildman–Crippen LogP) is 2.80. The Balaban J connectivity index is 2.11. The van der Waals surface area contributed by atoms with Gasteiger partial charge in [-0.1, -0.05) is 12.1 Å². The van der Waals surface area contributed by atoms with E-state index in [1.807, 2.05) is 62.6 Å². The fourth-order valence-electron chi connectivity index (χ4n) is 2.94. The number of hydrogen-bond donors (Lipinski definition) is 2. The predicted molar refractivity (Wildman–Crippen MR) is 115 cm³/mol. The highest BCUT2D eigenvalue weighted by molar-refractivity contribution is 5.83. The summed E-state index contributed by atoms with van der Waals surface area (Å²) >= 11 is 0. The fraction of sp³-hybridized carbons (Fsp3) is 0.318. The zero-order valence-electron chi connectivity index (χ0n) is 17.0. The van der Waals surface area contributed by atoms with E-state index in [2.05, 4.69) is 4.99 Å². The first-order valence-electron chi connectivity index (χ1n) is 9.11. The summed E-state index contributed by atoms with van der Waals surface area (Å²) in [6, 6.07) is 15.7. The van der Waals surface area contributed by atoms with Gasteiger partial charge in [0, 0.05) is 26.1 Å². The molecule has 0 spiro atoms. The fourth-order valence-corrected chi connectivity index (χ4v) is 2.94. The van der Waals surface area contributed by atoms with E-state index >= 15 is 0 Å². The normalized spacial score (nSPS) is 13.7. The lowest BCUT2D eigenvalue weighted by Crippen LogP contribution is -2.47. The summed E-state index contributed by atoms with van der Waals surface area (Å²) in [6.45, 7) is 0.864. The Morgan fingerprint density at radius 2 is 1.86 bits per heavy atom. The molecule has 0 heterocycles. The van der Waals surface area contributed by atoms with Crippen LogP contribution in [-0.4, -0.2) is 52.4 Å². The highest BCUT2D eigenvalue weighted by Gasteiger charge is 2.26. The van der Waals surface area contributed by atoms with Gasteiger partial charge in [-0.05, 0) is 48.0 Å². The third kappa shape index (κ3) is 5.92. The van der Waals surface area contributed by atoms with Gasteiger partial charge in [0.25, 0.3) is 0 Å². The van der Waals surface area contributed by atoms with Gasteiger partial charge in [-0.2, -0.15) is 0 Å². The van der Waals surface area contributed by atoms with Crippen molar-refractivity contribution in [2.45, 2.75) is 12.9 Å². The molecule has 28 heavy (non-hydrogen) atoms. The first-order valence-corrected chi connectivity index (χ1v) is 9.11. The van der Waals surface area contributed by atoms with Crippen molar-refractivity contribution in [3.63, 3.8) is 0 Å². The molecule has 6 heteroatoms. The number of nitrogens with two attached hydrogens (primary N) is 1. The van der Waals surface area contributed by atoms with Gasteiger partial charge in [-0.15, -0.1) is 0 Å². The minimum atomic E-state index is -0.826. The molecule has 1 unspecified atom stereocenters. The zero-order chi connectivity index (χ0) is 20.6. The molecular weight excluding hydrogens is 354 g/mol. The lowest BCUT2D eigenvalue weighted by molar-refractivity contribution is -0.0837. The third-order valence-electron chi connectivity index (χ3n) is 4.51. The van der Waals surface area contributed by atoms with Gasteiger partial charge in [0.2, 0.25) is 6.29 Å². The lowest BCUT2D eigenvalue weighted by Gasteiger charge is -2.32. The summed E-state index contributed by atoms with van der Waals surface area (Å²) in [7, 11) is 7.27. The summed E-state index contributed by atoms with van der Waals surface area (Å²) in [5.41, 5.74) is 9.70. The summed E-state index contributed by atoms with van der Waals surface area (Å²) in [6.07, 6.45) is 2.60. The Morgan fingerprint density at radius 3 is 2.50 bits per heavy atom. The van der Waals surface area contributed by atoms with Gasteiger partial charge >= 0.3 is 0 Å². The molecule has 2 rings (SSSR count). The monoisotopic (exact) mass is 384 g/mol. The van der Waals surface area contributed by atoms with Crippen LogP contribution in [0.4, 0.5) is 5.69 Å². The Labute approximate surface area is 167 Å². The second-order valence-electron chi connectivity index (χ2n) is 7.03. The largest absolute Gasteiger partial charge is 0.489 e. The van der Waals surface area contributed by atoms with E-state index in [4.69, 9.17) is 15.2 Å². The number of rotatable bonds is 9. The van der Waals surface area contributed by atoms with Crippen molar-refractivity contribution < 1.29 is 14.6 Å².